The molecule has 0 aromatic carbocycles. The van der Waals surface area contributed by atoms with Crippen LogP contribution in [0.3, 0.4) is 0 Å². The molecule has 0 bridgehead atoms. The Kier molecular flexibility index (Phi) is 3.54. The third-order valence-corrected chi connectivity index (χ3v) is 2.61. The van der Waals surface area contributed by atoms with Crippen LogP contribution < -0.4 is 11.3 Å². The van der Waals surface area contributed by atoms with Gasteiger partial charge in [0.1, 0.15) is 6.04 Å². The Hall–Kier alpha value is -1.93. The number of aromatic nitrogens is 3. The van der Waals surface area contributed by atoms with Gasteiger partial charge in [0, 0.05) is 19.4 Å². The summed E-state index contributed by atoms with van der Waals surface area (Å²) >= 11 is 0. The van der Waals surface area contributed by atoms with Crippen LogP contribution in [0, 0.1) is 0 Å². The molecule has 2 aromatic heterocycles. The van der Waals surface area contributed by atoms with Crippen LogP contribution in [0.15, 0.2) is 30.6 Å². The number of nitrogens with zero attached hydrogens (tertiary/aromatic N) is 3. The summed E-state index contributed by atoms with van der Waals surface area (Å²) in [7, 11) is 1.73. The molecule has 0 spiro atoms. The molecule has 0 radical (unpaired) electrons. The lowest BCUT2D eigenvalue weighted by atomic mass is 10.1. The number of hydrogen-bond donors (Lipinski definition) is 2. The first-order chi connectivity index (χ1) is 8.91. The molecule has 5 nitrogen and oxygen atoms in total. The number of rotatable bonds is 3. The van der Waals surface area contributed by atoms with Gasteiger partial charge >= 0.3 is 6.18 Å². The summed E-state index contributed by atoms with van der Waals surface area (Å²) in [4.78, 5) is 3.79. The Morgan fingerprint density at radius 3 is 2.42 bits per heavy atom. The molecule has 1 atom stereocenters. The fourth-order valence-corrected chi connectivity index (χ4v) is 1.65. The zero-order valence-electron chi connectivity index (χ0n) is 10.0. The minimum atomic E-state index is -4.40. The van der Waals surface area contributed by atoms with Crippen molar-refractivity contribution in [2.45, 2.75) is 12.2 Å². The zero-order valence-corrected chi connectivity index (χ0v) is 10.0. The second-order valence-electron chi connectivity index (χ2n) is 3.98. The van der Waals surface area contributed by atoms with Gasteiger partial charge < -0.3 is 0 Å². The molecule has 2 rings (SSSR count). The van der Waals surface area contributed by atoms with E-state index in [1.165, 1.54) is 6.07 Å². The number of pyridine rings is 1. The van der Waals surface area contributed by atoms with Crippen LogP contribution >= 0.6 is 0 Å². The minimum absolute atomic E-state index is 0.370. The van der Waals surface area contributed by atoms with E-state index in [0.717, 1.165) is 12.3 Å². The molecule has 1 unspecified atom stereocenters. The van der Waals surface area contributed by atoms with Crippen molar-refractivity contribution in [3.05, 3.63) is 47.5 Å². The average Bonchev–Trinajstić information content (AvgIpc) is 2.76. The highest BCUT2D eigenvalue weighted by atomic mass is 19.4. The number of nitrogens with two attached hydrogens (primary N) is 1. The molecule has 0 aliphatic rings. The smallest absolute Gasteiger partial charge is 0.275 e. The monoisotopic (exact) mass is 271 g/mol. The van der Waals surface area contributed by atoms with Gasteiger partial charge in [-0.2, -0.15) is 18.3 Å². The Labute approximate surface area is 107 Å². The van der Waals surface area contributed by atoms with Crippen LogP contribution in [0.25, 0.3) is 0 Å². The van der Waals surface area contributed by atoms with E-state index in [1.807, 2.05) is 0 Å². The maximum atomic E-state index is 12.4. The minimum Gasteiger partial charge on any atom is -0.275 e. The first-order valence-electron chi connectivity index (χ1n) is 5.40. The summed E-state index contributed by atoms with van der Waals surface area (Å²) in [6, 6.07) is 3.41. The second-order valence-corrected chi connectivity index (χ2v) is 3.98. The van der Waals surface area contributed by atoms with Crippen molar-refractivity contribution >= 4 is 0 Å². The summed E-state index contributed by atoms with van der Waals surface area (Å²) in [5, 5.41) is 4.14. The van der Waals surface area contributed by atoms with Crippen molar-refractivity contribution < 1.29 is 13.2 Å². The largest absolute Gasteiger partial charge is 0.417 e. The molecule has 2 heterocycles. The average molecular weight is 271 g/mol. The van der Waals surface area contributed by atoms with E-state index in [9.17, 15) is 13.2 Å². The van der Waals surface area contributed by atoms with Crippen LogP contribution in [0.1, 0.15) is 23.0 Å². The van der Waals surface area contributed by atoms with E-state index in [4.69, 9.17) is 5.84 Å². The Morgan fingerprint density at radius 1 is 1.26 bits per heavy atom. The summed E-state index contributed by atoms with van der Waals surface area (Å²) in [5.74, 6) is 5.41. The molecular formula is C11H12F3N5. The Balaban J connectivity index is 2.30. The lowest BCUT2D eigenvalue weighted by molar-refractivity contribution is -0.137. The van der Waals surface area contributed by atoms with E-state index in [2.05, 4.69) is 15.5 Å². The summed E-state index contributed by atoms with van der Waals surface area (Å²) < 4.78 is 38.9. The molecular weight excluding hydrogens is 259 g/mol. The molecule has 8 heteroatoms. The highest BCUT2D eigenvalue weighted by Crippen LogP contribution is 2.29. The third kappa shape index (κ3) is 2.91. The first-order valence-corrected chi connectivity index (χ1v) is 5.40. The Bertz CT molecular complexity index is 546. The topological polar surface area (TPSA) is 68.8 Å². The fourth-order valence-electron chi connectivity index (χ4n) is 1.65. The lowest BCUT2D eigenvalue weighted by Crippen LogP contribution is -2.30. The van der Waals surface area contributed by atoms with Gasteiger partial charge in [-0.3, -0.25) is 15.5 Å². The fraction of sp³-hybridized carbons (Fsp3) is 0.273. The van der Waals surface area contributed by atoms with Crippen LogP contribution in [0.2, 0.25) is 0 Å². The normalized spacial score (nSPS) is 13.5. The molecule has 0 saturated heterocycles. The molecule has 0 fully saturated rings. The van der Waals surface area contributed by atoms with Crippen molar-refractivity contribution in [3.63, 3.8) is 0 Å². The molecule has 0 aliphatic heterocycles. The van der Waals surface area contributed by atoms with Crippen LogP contribution in [-0.4, -0.2) is 14.8 Å². The highest BCUT2D eigenvalue weighted by molar-refractivity contribution is 5.24. The summed E-state index contributed by atoms with van der Waals surface area (Å²) in [6.45, 7) is 0. The summed E-state index contributed by atoms with van der Waals surface area (Å²) in [5.41, 5.74) is 2.64. The maximum absolute atomic E-state index is 12.4. The molecule has 0 amide bonds. The molecule has 0 aliphatic carbocycles. The van der Waals surface area contributed by atoms with Gasteiger partial charge in [0.2, 0.25) is 0 Å². The van der Waals surface area contributed by atoms with Gasteiger partial charge in [-0.15, -0.1) is 0 Å². The quantitative estimate of drug-likeness (QED) is 0.654. The van der Waals surface area contributed by atoms with E-state index in [0.29, 0.717) is 11.4 Å². The highest BCUT2D eigenvalue weighted by Gasteiger charge is 2.31. The van der Waals surface area contributed by atoms with Crippen molar-refractivity contribution in [2.75, 3.05) is 0 Å². The first kappa shape index (κ1) is 13.5. The number of hydrazine groups is 1. The predicted molar refractivity (Wildman–Crippen MR) is 61.6 cm³/mol. The van der Waals surface area contributed by atoms with Crippen LogP contribution in [0.4, 0.5) is 13.2 Å². The molecule has 0 saturated carbocycles. The standard InChI is InChI=1S/C11H12F3N5/c1-19-5-4-9(18-19)10(17-15)8-3-2-7(6-16-8)11(12,13)14/h2-6,10,17H,15H2,1H3. The van der Waals surface area contributed by atoms with Gasteiger partial charge in [-0.1, -0.05) is 0 Å². The van der Waals surface area contributed by atoms with Gasteiger partial charge in [0.25, 0.3) is 0 Å². The molecule has 2 aromatic rings. The predicted octanol–water partition coefficient (Wildman–Crippen LogP) is 1.39. The maximum Gasteiger partial charge on any atom is 0.417 e. The summed E-state index contributed by atoms with van der Waals surface area (Å²) in [6.07, 6.45) is -1.91. The van der Waals surface area contributed by atoms with Crippen molar-refractivity contribution in [1.29, 1.82) is 0 Å². The number of alkyl halides is 3. The van der Waals surface area contributed by atoms with E-state index >= 15 is 0 Å². The lowest BCUT2D eigenvalue weighted by Gasteiger charge is -2.14. The molecule has 3 N–H and O–H groups in total. The van der Waals surface area contributed by atoms with Crippen LogP contribution in [-0.2, 0) is 13.2 Å². The van der Waals surface area contributed by atoms with Crippen molar-refractivity contribution in [2.24, 2.45) is 12.9 Å². The third-order valence-electron chi connectivity index (χ3n) is 2.61. The number of nitrogens with one attached hydrogen (secondary N) is 1. The zero-order chi connectivity index (χ0) is 14.0. The van der Waals surface area contributed by atoms with Gasteiger partial charge in [0.15, 0.2) is 0 Å². The molecule has 102 valence electrons. The van der Waals surface area contributed by atoms with Crippen molar-refractivity contribution in [3.8, 4) is 0 Å². The van der Waals surface area contributed by atoms with Gasteiger partial charge in [0.05, 0.1) is 17.0 Å². The number of hydrogen-bond acceptors (Lipinski definition) is 4. The van der Waals surface area contributed by atoms with Crippen LogP contribution in [0.5, 0.6) is 0 Å². The Morgan fingerprint density at radius 2 is 2.00 bits per heavy atom. The number of halogens is 3. The molecule has 19 heavy (non-hydrogen) atoms. The van der Waals surface area contributed by atoms with Gasteiger partial charge in [-0.05, 0) is 18.2 Å². The second kappa shape index (κ2) is 4.98. The SMILES string of the molecule is Cn1ccc(C(NN)c2ccc(C(F)(F)F)cn2)n1. The van der Waals surface area contributed by atoms with Crippen molar-refractivity contribution in [1.82, 2.24) is 20.2 Å². The van der Waals surface area contributed by atoms with Gasteiger partial charge in [-0.25, -0.2) is 5.43 Å². The van der Waals surface area contributed by atoms with E-state index < -0.39 is 17.8 Å². The van der Waals surface area contributed by atoms with E-state index in [1.54, 1.807) is 24.0 Å². The van der Waals surface area contributed by atoms with E-state index in [-0.39, 0.29) is 0 Å². The number of aryl methyl sites for hydroxylation is 1.